The minimum Gasteiger partial charge on any atom is -0.490 e. The first-order chi connectivity index (χ1) is 15.2. The molecule has 3 aromatic carbocycles. The zero-order chi connectivity index (χ0) is 21.6. The van der Waals surface area contributed by atoms with Gasteiger partial charge in [-0.05, 0) is 68.3 Å². The molecule has 1 aromatic heterocycles. The summed E-state index contributed by atoms with van der Waals surface area (Å²) in [6.45, 7) is 8.15. The normalized spacial score (nSPS) is 12.1. The highest BCUT2D eigenvalue weighted by atomic mass is 16.5. The van der Waals surface area contributed by atoms with Crippen LogP contribution in [0.1, 0.15) is 37.9 Å². The molecule has 0 bridgehead atoms. The Morgan fingerprint density at radius 1 is 0.903 bits per heavy atom. The Hall–Kier alpha value is -3.31. The van der Waals surface area contributed by atoms with Gasteiger partial charge in [-0.2, -0.15) is 0 Å². The third-order valence-corrected chi connectivity index (χ3v) is 5.35. The van der Waals surface area contributed by atoms with Crippen molar-refractivity contribution in [3.8, 4) is 17.2 Å². The van der Waals surface area contributed by atoms with E-state index in [0.717, 1.165) is 34.8 Å². The van der Waals surface area contributed by atoms with E-state index in [2.05, 4.69) is 64.3 Å². The van der Waals surface area contributed by atoms with Crippen molar-refractivity contribution in [1.29, 1.82) is 0 Å². The summed E-state index contributed by atoms with van der Waals surface area (Å²) in [5.41, 5.74) is 5.63. The molecule has 0 fully saturated rings. The van der Waals surface area contributed by atoms with Crippen LogP contribution in [0.4, 0.5) is 0 Å². The SMILES string of the molecule is CCOc1ccc(C(C)NCc2ccc(-n3cnc4ccccc43)cc2)cc1OCC. The second-order valence-corrected chi connectivity index (χ2v) is 7.44. The number of ether oxygens (including phenoxy) is 2. The van der Waals surface area contributed by atoms with Gasteiger partial charge in [0, 0.05) is 18.3 Å². The number of nitrogens with one attached hydrogen (secondary N) is 1. The zero-order valence-corrected chi connectivity index (χ0v) is 18.3. The molecular weight excluding hydrogens is 386 g/mol. The summed E-state index contributed by atoms with van der Waals surface area (Å²) in [5.74, 6) is 1.59. The highest BCUT2D eigenvalue weighted by Crippen LogP contribution is 2.31. The molecule has 5 nitrogen and oxygen atoms in total. The molecule has 1 unspecified atom stereocenters. The van der Waals surface area contributed by atoms with E-state index in [9.17, 15) is 0 Å². The van der Waals surface area contributed by atoms with Crippen LogP contribution >= 0.6 is 0 Å². The number of imidazole rings is 1. The lowest BCUT2D eigenvalue weighted by molar-refractivity contribution is 0.287. The van der Waals surface area contributed by atoms with Gasteiger partial charge >= 0.3 is 0 Å². The molecule has 1 N–H and O–H groups in total. The highest BCUT2D eigenvalue weighted by Gasteiger charge is 2.11. The molecule has 0 saturated heterocycles. The van der Waals surface area contributed by atoms with Crippen molar-refractivity contribution in [2.75, 3.05) is 13.2 Å². The topological polar surface area (TPSA) is 48.3 Å². The number of rotatable bonds is 9. The lowest BCUT2D eigenvalue weighted by Crippen LogP contribution is -2.18. The van der Waals surface area contributed by atoms with E-state index in [1.807, 2.05) is 44.4 Å². The van der Waals surface area contributed by atoms with E-state index >= 15 is 0 Å². The van der Waals surface area contributed by atoms with Gasteiger partial charge in [0.15, 0.2) is 11.5 Å². The second kappa shape index (κ2) is 9.67. The molecule has 1 heterocycles. The van der Waals surface area contributed by atoms with Gasteiger partial charge in [0.2, 0.25) is 0 Å². The van der Waals surface area contributed by atoms with Crippen LogP contribution in [0.15, 0.2) is 73.1 Å². The van der Waals surface area contributed by atoms with E-state index in [4.69, 9.17) is 9.47 Å². The summed E-state index contributed by atoms with van der Waals surface area (Å²) in [7, 11) is 0. The molecule has 4 aromatic rings. The molecule has 0 saturated carbocycles. The molecule has 5 heteroatoms. The summed E-state index contributed by atoms with van der Waals surface area (Å²) in [6.07, 6.45) is 1.88. The Morgan fingerprint density at radius 3 is 2.42 bits per heavy atom. The average Bonchev–Trinajstić information content (AvgIpc) is 3.23. The smallest absolute Gasteiger partial charge is 0.161 e. The van der Waals surface area contributed by atoms with Crippen LogP contribution in [0.3, 0.4) is 0 Å². The van der Waals surface area contributed by atoms with E-state index in [1.54, 1.807) is 0 Å². The minimum absolute atomic E-state index is 0.187. The molecule has 1 atom stereocenters. The summed E-state index contributed by atoms with van der Waals surface area (Å²) < 4.78 is 13.5. The van der Waals surface area contributed by atoms with Crippen LogP contribution in [0.5, 0.6) is 11.5 Å². The van der Waals surface area contributed by atoms with Crippen LogP contribution in [0.2, 0.25) is 0 Å². The number of nitrogens with zero attached hydrogens (tertiary/aromatic N) is 2. The van der Waals surface area contributed by atoms with Crippen LogP contribution in [0, 0.1) is 0 Å². The maximum Gasteiger partial charge on any atom is 0.161 e. The van der Waals surface area contributed by atoms with Crippen molar-refractivity contribution in [1.82, 2.24) is 14.9 Å². The molecule has 0 aliphatic carbocycles. The summed E-state index contributed by atoms with van der Waals surface area (Å²) in [4.78, 5) is 4.48. The van der Waals surface area contributed by atoms with Gasteiger partial charge in [-0.25, -0.2) is 4.98 Å². The molecule has 0 spiro atoms. The highest BCUT2D eigenvalue weighted by molar-refractivity contribution is 5.77. The Labute approximate surface area is 183 Å². The lowest BCUT2D eigenvalue weighted by Gasteiger charge is -2.18. The largest absolute Gasteiger partial charge is 0.490 e. The van der Waals surface area contributed by atoms with E-state index < -0.39 is 0 Å². The molecule has 31 heavy (non-hydrogen) atoms. The fourth-order valence-corrected chi connectivity index (χ4v) is 3.67. The monoisotopic (exact) mass is 415 g/mol. The van der Waals surface area contributed by atoms with Gasteiger partial charge in [0.1, 0.15) is 6.33 Å². The number of aromatic nitrogens is 2. The zero-order valence-electron chi connectivity index (χ0n) is 18.3. The van der Waals surface area contributed by atoms with Crippen molar-refractivity contribution in [3.63, 3.8) is 0 Å². The molecule has 0 aliphatic heterocycles. The quantitative estimate of drug-likeness (QED) is 0.382. The van der Waals surface area contributed by atoms with Crippen molar-refractivity contribution >= 4 is 11.0 Å². The molecular formula is C26H29N3O2. The Bertz CT molecular complexity index is 1140. The molecule has 4 rings (SSSR count). The summed E-state index contributed by atoms with van der Waals surface area (Å²) >= 11 is 0. The standard InChI is InChI=1S/C26H29N3O2/c1-4-30-25-15-12-21(16-26(25)31-5-2)19(3)27-17-20-10-13-22(14-11-20)29-18-28-23-8-6-7-9-24(23)29/h6-16,18-19,27H,4-5,17H2,1-3H3. The van der Waals surface area contributed by atoms with Gasteiger partial charge in [-0.15, -0.1) is 0 Å². The predicted molar refractivity (Wildman–Crippen MR) is 125 cm³/mol. The van der Waals surface area contributed by atoms with Crippen molar-refractivity contribution in [2.24, 2.45) is 0 Å². The first-order valence-corrected chi connectivity index (χ1v) is 10.8. The third-order valence-electron chi connectivity index (χ3n) is 5.35. The first kappa shape index (κ1) is 20.9. The van der Waals surface area contributed by atoms with E-state index in [1.165, 1.54) is 11.1 Å². The van der Waals surface area contributed by atoms with Crippen LogP contribution in [-0.4, -0.2) is 22.8 Å². The third kappa shape index (κ3) is 4.72. The van der Waals surface area contributed by atoms with Gasteiger partial charge in [-0.3, -0.25) is 4.57 Å². The number of para-hydroxylation sites is 2. The average molecular weight is 416 g/mol. The number of hydrogen-bond acceptors (Lipinski definition) is 4. The molecule has 0 aliphatic rings. The van der Waals surface area contributed by atoms with E-state index in [-0.39, 0.29) is 6.04 Å². The summed E-state index contributed by atoms with van der Waals surface area (Å²) in [5, 5.41) is 3.60. The number of hydrogen-bond donors (Lipinski definition) is 1. The van der Waals surface area contributed by atoms with Crippen molar-refractivity contribution < 1.29 is 9.47 Å². The molecule has 160 valence electrons. The maximum atomic E-state index is 5.76. The lowest BCUT2D eigenvalue weighted by atomic mass is 10.1. The maximum absolute atomic E-state index is 5.76. The molecule has 0 amide bonds. The van der Waals surface area contributed by atoms with Crippen molar-refractivity contribution in [2.45, 2.75) is 33.4 Å². The predicted octanol–water partition coefficient (Wildman–Crippen LogP) is 5.67. The Balaban J connectivity index is 1.43. The van der Waals surface area contributed by atoms with E-state index in [0.29, 0.717) is 13.2 Å². The second-order valence-electron chi connectivity index (χ2n) is 7.44. The summed E-state index contributed by atoms with van der Waals surface area (Å²) in [6, 6.07) is 23.1. The van der Waals surface area contributed by atoms with Gasteiger partial charge in [0.25, 0.3) is 0 Å². The van der Waals surface area contributed by atoms with Crippen LogP contribution in [-0.2, 0) is 6.54 Å². The van der Waals surface area contributed by atoms with Gasteiger partial charge in [0.05, 0.1) is 24.2 Å². The van der Waals surface area contributed by atoms with Gasteiger partial charge < -0.3 is 14.8 Å². The van der Waals surface area contributed by atoms with Crippen LogP contribution in [0.25, 0.3) is 16.7 Å². The molecule has 0 radical (unpaired) electrons. The number of benzene rings is 3. The number of fused-ring (bicyclic) bond motifs is 1. The Morgan fingerprint density at radius 2 is 1.65 bits per heavy atom. The van der Waals surface area contributed by atoms with Crippen molar-refractivity contribution in [3.05, 3.63) is 84.2 Å². The fourth-order valence-electron chi connectivity index (χ4n) is 3.67. The van der Waals surface area contributed by atoms with Gasteiger partial charge in [-0.1, -0.05) is 30.3 Å². The first-order valence-electron chi connectivity index (χ1n) is 10.8. The van der Waals surface area contributed by atoms with Crippen LogP contribution < -0.4 is 14.8 Å². The fraction of sp³-hybridized carbons (Fsp3) is 0.269. The Kier molecular flexibility index (Phi) is 6.53. The minimum atomic E-state index is 0.187.